The van der Waals surface area contributed by atoms with Crippen LogP contribution in [0.4, 0.5) is 5.69 Å². The molecule has 4 nitrogen and oxygen atoms in total. The van der Waals surface area contributed by atoms with Crippen molar-refractivity contribution in [2.45, 2.75) is 12.8 Å². The molecule has 2 rings (SSSR count). The van der Waals surface area contributed by atoms with E-state index >= 15 is 0 Å². The van der Waals surface area contributed by atoms with Crippen LogP contribution in [0.5, 0.6) is 0 Å². The maximum atomic E-state index is 11.1. The second-order valence-electron chi connectivity index (χ2n) is 3.70. The summed E-state index contributed by atoms with van der Waals surface area (Å²) in [6.07, 6.45) is 1.43. The Balaban J connectivity index is 2.38. The highest BCUT2D eigenvalue weighted by Crippen LogP contribution is 2.27. The van der Waals surface area contributed by atoms with Crippen LogP contribution in [0.2, 0.25) is 0 Å². The molecule has 1 aromatic carbocycles. The number of nitrogens with two attached hydrogens (primary N) is 1. The summed E-state index contributed by atoms with van der Waals surface area (Å²) in [6, 6.07) is 9.62. The van der Waals surface area contributed by atoms with E-state index in [4.69, 9.17) is 11.0 Å². The molecular formula is C12H11N3O. The smallest absolute Gasteiger partial charge is 0.240 e. The van der Waals surface area contributed by atoms with Gasteiger partial charge in [0.2, 0.25) is 5.91 Å². The van der Waals surface area contributed by atoms with Gasteiger partial charge in [-0.25, -0.2) is 0 Å². The molecule has 0 bridgehead atoms. The average molecular weight is 213 g/mol. The Morgan fingerprint density at radius 2 is 2.19 bits per heavy atom. The van der Waals surface area contributed by atoms with E-state index < -0.39 is 11.8 Å². The highest BCUT2D eigenvalue weighted by atomic mass is 16.1. The van der Waals surface area contributed by atoms with Crippen LogP contribution in [0.1, 0.15) is 12.0 Å². The van der Waals surface area contributed by atoms with Crippen molar-refractivity contribution in [2.75, 3.05) is 0 Å². The predicted molar refractivity (Wildman–Crippen MR) is 60.2 cm³/mol. The Kier molecular flexibility index (Phi) is 2.69. The molecule has 0 saturated carbocycles. The zero-order chi connectivity index (χ0) is 11.5. The monoisotopic (exact) mass is 213 g/mol. The van der Waals surface area contributed by atoms with Crippen molar-refractivity contribution in [1.29, 1.82) is 5.26 Å². The van der Waals surface area contributed by atoms with Crippen LogP contribution in [-0.4, -0.2) is 11.6 Å². The molecule has 2 N–H and O–H groups in total. The summed E-state index contributed by atoms with van der Waals surface area (Å²) in [5.74, 6) is -1.52. The van der Waals surface area contributed by atoms with Gasteiger partial charge in [0.15, 0.2) is 5.92 Å². The molecule has 0 fully saturated rings. The molecule has 1 aliphatic rings. The third-order valence-corrected chi connectivity index (χ3v) is 2.65. The molecule has 16 heavy (non-hydrogen) atoms. The topological polar surface area (TPSA) is 79.2 Å². The fraction of sp³-hybridized carbons (Fsp3) is 0.250. The normalized spacial score (nSPS) is 15.6. The van der Waals surface area contributed by atoms with Crippen LogP contribution in [0, 0.1) is 17.2 Å². The summed E-state index contributed by atoms with van der Waals surface area (Å²) in [5.41, 5.74) is 7.72. The van der Waals surface area contributed by atoms with Crippen molar-refractivity contribution in [3.8, 4) is 6.07 Å². The number of fused-ring (bicyclic) bond motifs is 1. The molecule has 1 aromatic rings. The van der Waals surface area contributed by atoms with Gasteiger partial charge in [0.25, 0.3) is 0 Å². The Hall–Kier alpha value is -2.15. The maximum absolute atomic E-state index is 11.1. The van der Waals surface area contributed by atoms with Crippen LogP contribution >= 0.6 is 0 Å². The lowest BCUT2D eigenvalue weighted by Gasteiger charge is -2.16. The number of primary amides is 1. The number of hydrogen-bond donors (Lipinski definition) is 1. The van der Waals surface area contributed by atoms with E-state index in [0.717, 1.165) is 17.7 Å². The van der Waals surface area contributed by atoms with Crippen LogP contribution in [0.15, 0.2) is 29.3 Å². The number of para-hydroxylation sites is 1. The zero-order valence-corrected chi connectivity index (χ0v) is 8.68. The lowest BCUT2D eigenvalue weighted by molar-refractivity contribution is -0.118. The van der Waals surface area contributed by atoms with Gasteiger partial charge in [-0.15, -0.1) is 0 Å². The summed E-state index contributed by atoms with van der Waals surface area (Å²) in [5, 5.41) is 8.87. The van der Waals surface area contributed by atoms with Gasteiger partial charge in [-0.1, -0.05) is 18.2 Å². The van der Waals surface area contributed by atoms with Crippen molar-refractivity contribution in [3.63, 3.8) is 0 Å². The molecule has 1 heterocycles. The van der Waals surface area contributed by atoms with Crippen molar-refractivity contribution >= 4 is 17.3 Å². The first-order valence-corrected chi connectivity index (χ1v) is 5.06. The van der Waals surface area contributed by atoms with Crippen molar-refractivity contribution in [2.24, 2.45) is 16.6 Å². The molecule has 1 aliphatic heterocycles. The van der Waals surface area contributed by atoms with Gasteiger partial charge in [-0.2, -0.15) is 5.26 Å². The van der Waals surface area contributed by atoms with Crippen molar-refractivity contribution in [3.05, 3.63) is 29.8 Å². The number of amides is 1. The minimum Gasteiger partial charge on any atom is -0.368 e. The first-order valence-electron chi connectivity index (χ1n) is 5.06. The first-order chi connectivity index (χ1) is 7.72. The minimum absolute atomic E-state index is 0.578. The third-order valence-electron chi connectivity index (χ3n) is 2.65. The predicted octanol–water partition coefficient (Wildman–Crippen LogP) is 1.33. The van der Waals surface area contributed by atoms with Crippen LogP contribution in [0.25, 0.3) is 0 Å². The van der Waals surface area contributed by atoms with Gasteiger partial charge in [0.1, 0.15) is 0 Å². The molecule has 0 radical (unpaired) electrons. The number of aliphatic imine (C=N–C) groups is 1. The standard InChI is InChI=1S/C12H11N3O/c13-7-9(12(14)16)11-6-5-8-3-1-2-4-10(8)15-11/h1-4,9H,5-6H2,(H2,14,16). The molecule has 4 heteroatoms. The Labute approximate surface area is 93.4 Å². The second-order valence-corrected chi connectivity index (χ2v) is 3.70. The van der Waals surface area contributed by atoms with Gasteiger partial charge in [0, 0.05) is 5.71 Å². The number of carbonyl (C=O) groups is 1. The summed E-state index contributed by atoms with van der Waals surface area (Å²) < 4.78 is 0. The molecule has 1 amide bonds. The van der Waals surface area contributed by atoms with E-state index in [0.29, 0.717) is 12.1 Å². The van der Waals surface area contributed by atoms with E-state index in [9.17, 15) is 4.79 Å². The number of nitrogens with zero attached hydrogens (tertiary/aromatic N) is 2. The minimum atomic E-state index is -0.895. The molecule has 0 spiro atoms. The van der Waals surface area contributed by atoms with Crippen molar-refractivity contribution < 1.29 is 4.79 Å². The van der Waals surface area contributed by atoms with Gasteiger partial charge in [-0.05, 0) is 24.5 Å². The molecule has 0 aromatic heterocycles. The quantitative estimate of drug-likeness (QED) is 0.804. The molecule has 0 aliphatic carbocycles. The maximum Gasteiger partial charge on any atom is 0.240 e. The van der Waals surface area contributed by atoms with E-state index in [1.807, 2.05) is 30.3 Å². The molecular weight excluding hydrogens is 202 g/mol. The Bertz CT molecular complexity index is 499. The largest absolute Gasteiger partial charge is 0.368 e. The summed E-state index contributed by atoms with van der Waals surface area (Å²) in [4.78, 5) is 15.4. The highest BCUT2D eigenvalue weighted by molar-refractivity contribution is 6.07. The van der Waals surface area contributed by atoms with Crippen LogP contribution in [-0.2, 0) is 11.2 Å². The van der Waals surface area contributed by atoms with E-state index in [-0.39, 0.29) is 0 Å². The van der Waals surface area contributed by atoms with Gasteiger partial charge >= 0.3 is 0 Å². The number of nitriles is 1. The fourth-order valence-electron chi connectivity index (χ4n) is 1.82. The Morgan fingerprint density at radius 3 is 2.88 bits per heavy atom. The lowest BCUT2D eigenvalue weighted by Crippen LogP contribution is -2.30. The SMILES string of the molecule is N#CC(C(N)=O)C1=Nc2ccccc2CC1. The number of carbonyl (C=O) groups excluding carboxylic acids is 1. The zero-order valence-electron chi connectivity index (χ0n) is 8.68. The average Bonchev–Trinajstić information content (AvgIpc) is 2.29. The summed E-state index contributed by atoms with van der Waals surface area (Å²) in [7, 11) is 0. The summed E-state index contributed by atoms with van der Waals surface area (Å²) >= 11 is 0. The van der Waals surface area contributed by atoms with Crippen molar-refractivity contribution in [1.82, 2.24) is 0 Å². The molecule has 1 unspecified atom stereocenters. The number of benzene rings is 1. The summed E-state index contributed by atoms with van der Waals surface area (Å²) in [6.45, 7) is 0. The molecule has 0 saturated heterocycles. The van der Waals surface area contributed by atoms with Gasteiger partial charge < -0.3 is 5.73 Å². The van der Waals surface area contributed by atoms with E-state index in [1.165, 1.54) is 0 Å². The van der Waals surface area contributed by atoms with E-state index in [1.54, 1.807) is 0 Å². The lowest BCUT2D eigenvalue weighted by atomic mass is 9.94. The van der Waals surface area contributed by atoms with Gasteiger partial charge in [-0.3, -0.25) is 9.79 Å². The third kappa shape index (κ3) is 1.80. The van der Waals surface area contributed by atoms with E-state index in [2.05, 4.69) is 4.99 Å². The molecule has 80 valence electrons. The van der Waals surface area contributed by atoms with Crippen LogP contribution < -0.4 is 5.73 Å². The molecule has 1 atom stereocenters. The highest BCUT2D eigenvalue weighted by Gasteiger charge is 2.24. The van der Waals surface area contributed by atoms with Gasteiger partial charge in [0.05, 0.1) is 11.8 Å². The first kappa shape index (κ1) is 10.4. The Morgan fingerprint density at radius 1 is 1.44 bits per heavy atom. The fourth-order valence-corrected chi connectivity index (χ4v) is 1.82. The number of aryl methyl sites for hydroxylation is 1. The second kappa shape index (κ2) is 4.15. The number of rotatable bonds is 2. The number of hydrogen-bond acceptors (Lipinski definition) is 3. The van der Waals surface area contributed by atoms with Crippen LogP contribution in [0.3, 0.4) is 0 Å².